The van der Waals surface area contributed by atoms with Crippen molar-refractivity contribution in [3.8, 4) is 5.75 Å². The number of hydrogen-bond acceptors (Lipinski definition) is 7. The molecular formula is C21H19N3O6S2. The van der Waals surface area contributed by atoms with Crippen LogP contribution in [0, 0.1) is 5.92 Å². The van der Waals surface area contributed by atoms with E-state index in [1.54, 1.807) is 29.8 Å². The minimum Gasteiger partial charge on any atom is -0.485 e. The van der Waals surface area contributed by atoms with Crippen LogP contribution in [0.3, 0.4) is 0 Å². The van der Waals surface area contributed by atoms with Crippen molar-refractivity contribution in [2.45, 2.75) is 17.9 Å². The van der Waals surface area contributed by atoms with E-state index in [0.29, 0.717) is 11.4 Å². The van der Waals surface area contributed by atoms with Crippen molar-refractivity contribution in [1.29, 1.82) is 0 Å². The number of nitrogens with one attached hydrogen (secondary N) is 1. The summed E-state index contributed by atoms with van der Waals surface area (Å²) in [7, 11) is -3.93. The smallest absolute Gasteiger partial charge is 0.308 e. The normalized spacial score (nSPS) is 16.2. The molecule has 0 spiro atoms. The molecule has 1 unspecified atom stereocenters. The first-order valence-corrected chi connectivity index (χ1v) is 12.0. The summed E-state index contributed by atoms with van der Waals surface area (Å²) in [6.45, 7) is 0.264. The van der Waals surface area contributed by atoms with E-state index < -0.39 is 21.9 Å². The first-order valence-electron chi connectivity index (χ1n) is 9.58. The van der Waals surface area contributed by atoms with Gasteiger partial charge in [0.05, 0.1) is 27.7 Å². The van der Waals surface area contributed by atoms with E-state index in [1.807, 2.05) is 5.38 Å². The number of carbonyl (C=O) groups is 2. The van der Waals surface area contributed by atoms with Crippen LogP contribution in [0.1, 0.15) is 12.1 Å². The lowest BCUT2D eigenvalue weighted by molar-refractivity contribution is -0.141. The first-order chi connectivity index (χ1) is 15.3. The molecule has 1 amide bonds. The molecule has 3 aromatic rings. The van der Waals surface area contributed by atoms with Crippen LogP contribution in [0.2, 0.25) is 0 Å². The third kappa shape index (κ3) is 4.73. The number of thiazole rings is 1. The number of carbonyl (C=O) groups excluding carboxylic acids is 1. The fraction of sp³-hybridized carbons (Fsp3) is 0.190. The standard InChI is InChI=1S/C21H19N3O6S2/c25-20-9-14(21(26)27)10-24(20)16-5-7-17(8-6-16)32(28,29)23-18-3-1-2-4-19(18)30-11-15-12-31-13-22-15/h1-8,12-14,23H,9-11H2,(H,26,27). The highest BCUT2D eigenvalue weighted by molar-refractivity contribution is 7.92. The topological polar surface area (TPSA) is 126 Å². The minimum atomic E-state index is -3.93. The Morgan fingerprint density at radius 2 is 1.97 bits per heavy atom. The number of benzene rings is 2. The largest absolute Gasteiger partial charge is 0.485 e. The van der Waals surface area contributed by atoms with Gasteiger partial charge < -0.3 is 14.7 Å². The molecule has 1 aliphatic heterocycles. The number of nitrogens with zero attached hydrogens (tertiary/aromatic N) is 2. The van der Waals surface area contributed by atoms with Crippen LogP contribution in [0.15, 0.2) is 64.3 Å². The fourth-order valence-electron chi connectivity index (χ4n) is 3.27. The number of aromatic nitrogens is 1. The van der Waals surface area contributed by atoms with Crippen LogP contribution in [0.25, 0.3) is 0 Å². The average molecular weight is 474 g/mol. The van der Waals surface area contributed by atoms with Crippen molar-refractivity contribution >= 4 is 44.6 Å². The second-order valence-corrected chi connectivity index (χ2v) is 9.51. The third-order valence-corrected chi connectivity index (χ3v) is 6.94. The van der Waals surface area contributed by atoms with E-state index in [1.165, 1.54) is 40.5 Å². The molecule has 0 saturated carbocycles. The Hall–Kier alpha value is -3.44. The van der Waals surface area contributed by atoms with Crippen LogP contribution >= 0.6 is 11.3 Å². The molecule has 4 rings (SSSR count). The van der Waals surface area contributed by atoms with Crippen molar-refractivity contribution in [1.82, 2.24) is 4.98 Å². The van der Waals surface area contributed by atoms with Gasteiger partial charge in [0.1, 0.15) is 12.4 Å². The summed E-state index contributed by atoms with van der Waals surface area (Å²) in [6, 6.07) is 12.4. The maximum Gasteiger partial charge on any atom is 0.308 e. The Labute approximate surface area is 188 Å². The molecule has 0 aliphatic carbocycles. The average Bonchev–Trinajstić information content (AvgIpc) is 3.43. The van der Waals surface area contributed by atoms with Gasteiger partial charge in [-0.3, -0.25) is 14.3 Å². The Bertz CT molecular complexity index is 1230. The molecule has 11 heteroatoms. The molecule has 1 aromatic heterocycles. The minimum absolute atomic E-state index is 0.00279. The highest BCUT2D eigenvalue weighted by atomic mass is 32.2. The molecule has 2 heterocycles. The predicted molar refractivity (Wildman–Crippen MR) is 118 cm³/mol. The molecule has 1 aliphatic rings. The van der Waals surface area contributed by atoms with Gasteiger partial charge in [-0.2, -0.15) is 0 Å². The second-order valence-electron chi connectivity index (χ2n) is 7.11. The number of carboxylic acid groups (broad SMARTS) is 1. The number of ether oxygens (including phenoxy) is 1. The van der Waals surface area contributed by atoms with E-state index in [4.69, 9.17) is 9.84 Å². The van der Waals surface area contributed by atoms with Gasteiger partial charge in [-0.1, -0.05) is 12.1 Å². The fourth-order valence-corrected chi connectivity index (χ4v) is 4.88. The summed E-state index contributed by atoms with van der Waals surface area (Å²) in [4.78, 5) is 28.7. The zero-order valence-corrected chi connectivity index (χ0v) is 18.3. The third-order valence-electron chi connectivity index (χ3n) is 4.92. The van der Waals surface area contributed by atoms with Crippen LogP contribution in [-0.2, 0) is 26.2 Å². The molecule has 1 saturated heterocycles. The number of amides is 1. The summed E-state index contributed by atoms with van der Waals surface area (Å²) in [6.07, 6.45) is -0.0748. The van der Waals surface area contributed by atoms with Crippen molar-refractivity contribution in [3.63, 3.8) is 0 Å². The van der Waals surface area contributed by atoms with E-state index in [9.17, 15) is 18.0 Å². The van der Waals surface area contributed by atoms with Crippen molar-refractivity contribution < 1.29 is 27.9 Å². The van der Waals surface area contributed by atoms with Crippen LogP contribution in [-0.4, -0.2) is 36.9 Å². The van der Waals surface area contributed by atoms with E-state index in [-0.39, 0.29) is 36.1 Å². The van der Waals surface area contributed by atoms with Gasteiger partial charge >= 0.3 is 5.97 Å². The van der Waals surface area contributed by atoms with Crippen molar-refractivity contribution in [3.05, 3.63) is 65.1 Å². The summed E-state index contributed by atoms with van der Waals surface area (Å²) >= 11 is 1.44. The van der Waals surface area contributed by atoms with Gasteiger partial charge in [0.15, 0.2) is 0 Å². The molecule has 1 fully saturated rings. The lowest BCUT2D eigenvalue weighted by Crippen LogP contribution is -2.25. The number of aliphatic carboxylic acids is 1. The highest BCUT2D eigenvalue weighted by Gasteiger charge is 2.35. The van der Waals surface area contributed by atoms with Gasteiger partial charge in [0.2, 0.25) is 5.91 Å². The number of hydrogen-bond donors (Lipinski definition) is 2. The van der Waals surface area contributed by atoms with Crippen molar-refractivity contribution in [2.75, 3.05) is 16.2 Å². The number of sulfonamides is 1. The summed E-state index contributed by atoms with van der Waals surface area (Å²) in [5.41, 5.74) is 3.16. The molecule has 166 valence electrons. The molecule has 0 bridgehead atoms. The molecule has 9 nitrogen and oxygen atoms in total. The summed E-state index contributed by atoms with van der Waals surface area (Å²) < 4.78 is 34.0. The highest BCUT2D eigenvalue weighted by Crippen LogP contribution is 2.29. The van der Waals surface area contributed by atoms with Crippen LogP contribution < -0.4 is 14.4 Å². The quantitative estimate of drug-likeness (QED) is 0.515. The van der Waals surface area contributed by atoms with Crippen LogP contribution in [0.4, 0.5) is 11.4 Å². The Balaban J connectivity index is 1.49. The van der Waals surface area contributed by atoms with E-state index in [2.05, 4.69) is 9.71 Å². The van der Waals surface area contributed by atoms with Crippen LogP contribution in [0.5, 0.6) is 5.75 Å². The Morgan fingerprint density at radius 3 is 2.62 bits per heavy atom. The number of para-hydroxylation sites is 2. The first kappa shape index (κ1) is 21.8. The SMILES string of the molecule is O=C(O)C1CC(=O)N(c2ccc(S(=O)(=O)Nc3ccccc3OCc3cscn3)cc2)C1. The molecule has 1 atom stereocenters. The number of carboxylic acids is 1. The number of anilines is 2. The maximum absolute atomic E-state index is 12.9. The zero-order chi connectivity index (χ0) is 22.7. The van der Waals surface area contributed by atoms with Crippen molar-refractivity contribution in [2.24, 2.45) is 5.92 Å². The van der Waals surface area contributed by atoms with Gasteiger partial charge in [-0.15, -0.1) is 11.3 Å². The predicted octanol–water partition coefficient (Wildman–Crippen LogP) is 2.96. The van der Waals surface area contributed by atoms with Gasteiger partial charge in [-0.05, 0) is 36.4 Å². The Morgan fingerprint density at radius 1 is 1.22 bits per heavy atom. The lowest BCUT2D eigenvalue weighted by Gasteiger charge is -2.17. The Kier molecular flexibility index (Phi) is 6.10. The van der Waals surface area contributed by atoms with Gasteiger partial charge in [0, 0.05) is 24.0 Å². The lowest BCUT2D eigenvalue weighted by atomic mass is 10.1. The monoisotopic (exact) mass is 473 g/mol. The van der Waals surface area contributed by atoms with Gasteiger partial charge in [-0.25, -0.2) is 13.4 Å². The maximum atomic E-state index is 12.9. The molecule has 32 heavy (non-hydrogen) atoms. The van der Waals surface area contributed by atoms with E-state index >= 15 is 0 Å². The summed E-state index contributed by atoms with van der Waals surface area (Å²) in [5, 5.41) is 11.0. The van der Waals surface area contributed by atoms with E-state index in [0.717, 1.165) is 5.69 Å². The molecular weight excluding hydrogens is 454 g/mol. The number of rotatable bonds is 8. The zero-order valence-electron chi connectivity index (χ0n) is 16.7. The second kappa shape index (κ2) is 8.97. The molecule has 2 N–H and O–H groups in total. The summed E-state index contributed by atoms with van der Waals surface area (Å²) in [5.74, 6) is -1.74. The van der Waals surface area contributed by atoms with Gasteiger partial charge in [0.25, 0.3) is 10.0 Å². The molecule has 0 radical (unpaired) electrons. The molecule has 2 aromatic carbocycles.